The lowest BCUT2D eigenvalue weighted by atomic mass is 9.48. The van der Waals surface area contributed by atoms with Gasteiger partial charge in [0.15, 0.2) is 5.78 Å². The Hall–Kier alpha value is -3.28. The van der Waals surface area contributed by atoms with Crippen LogP contribution in [0.5, 0.6) is 0 Å². The van der Waals surface area contributed by atoms with E-state index in [9.17, 15) is 4.79 Å². The van der Waals surface area contributed by atoms with Crippen molar-refractivity contribution < 1.29 is 4.79 Å². The molecule has 4 saturated carbocycles. The molecule has 0 aromatic heterocycles. The SMILES string of the molecule is O=C(/C=C/c1ccc(C[P+](c2ccccc2)(c2ccccc2)c2ccccc2)cc1)C12CC3CC(CC(C3)C1)C2. The maximum Gasteiger partial charge on any atom is 0.161 e. The summed E-state index contributed by atoms with van der Waals surface area (Å²) in [5.74, 6) is 2.78. The summed E-state index contributed by atoms with van der Waals surface area (Å²) < 4.78 is 0. The smallest absolute Gasteiger partial charge is 0.161 e. The third-order valence-corrected chi connectivity index (χ3v) is 14.4. The second-order valence-corrected chi connectivity index (χ2v) is 16.1. The fraction of sp³-hybridized carbons (Fsp3) is 0.289. The fourth-order valence-electron chi connectivity index (χ4n) is 8.54. The lowest BCUT2D eigenvalue weighted by Crippen LogP contribution is -2.49. The van der Waals surface area contributed by atoms with Gasteiger partial charge in [-0.1, -0.05) is 84.9 Å². The molecule has 4 fully saturated rings. The number of carbonyl (C=O) groups excluding carboxylic acids is 1. The zero-order valence-corrected chi connectivity index (χ0v) is 24.1. The number of hydrogen-bond donors (Lipinski definition) is 0. The zero-order valence-electron chi connectivity index (χ0n) is 23.2. The van der Waals surface area contributed by atoms with Crippen LogP contribution < -0.4 is 15.9 Å². The molecule has 4 aromatic carbocycles. The van der Waals surface area contributed by atoms with E-state index < -0.39 is 7.26 Å². The van der Waals surface area contributed by atoms with Gasteiger partial charge in [0.05, 0.1) is 6.16 Å². The van der Waals surface area contributed by atoms with Crippen LogP contribution in [0, 0.1) is 23.2 Å². The first kappa shape index (κ1) is 25.7. The molecule has 4 bridgehead atoms. The Balaban J connectivity index is 1.18. The van der Waals surface area contributed by atoms with E-state index in [2.05, 4.69) is 121 Å². The average Bonchev–Trinajstić information content (AvgIpc) is 3.00. The highest BCUT2D eigenvalue weighted by molar-refractivity contribution is 7.95. The van der Waals surface area contributed by atoms with Crippen molar-refractivity contribution in [1.29, 1.82) is 0 Å². The van der Waals surface area contributed by atoms with E-state index in [4.69, 9.17) is 0 Å². The molecule has 8 rings (SSSR count). The Morgan fingerprint density at radius 2 is 1.05 bits per heavy atom. The molecule has 4 aromatic rings. The topological polar surface area (TPSA) is 17.1 Å². The van der Waals surface area contributed by atoms with E-state index in [1.165, 1.54) is 40.7 Å². The van der Waals surface area contributed by atoms with E-state index in [0.29, 0.717) is 5.78 Å². The Morgan fingerprint density at radius 3 is 1.48 bits per heavy atom. The largest absolute Gasteiger partial charge is 0.294 e. The zero-order chi connectivity index (χ0) is 27.0. The maximum absolute atomic E-state index is 13.5. The van der Waals surface area contributed by atoms with Crippen LogP contribution in [0.25, 0.3) is 6.08 Å². The molecule has 0 aliphatic heterocycles. The molecule has 0 atom stereocenters. The maximum atomic E-state index is 13.5. The van der Waals surface area contributed by atoms with E-state index in [1.54, 1.807) is 0 Å². The standard InChI is InChI=1S/C38H38OP/c39-37(38-25-31-22-32(26-38)24-33(23-31)27-38)21-20-29-16-18-30(19-17-29)28-40(34-10-4-1-5-11-34,35-12-6-2-7-13-35)36-14-8-3-9-15-36/h1-21,31-33H,22-28H2/q+1/b21-20+. The Kier molecular flexibility index (Phi) is 6.81. The van der Waals surface area contributed by atoms with Gasteiger partial charge in [-0.25, -0.2) is 0 Å². The summed E-state index contributed by atoms with van der Waals surface area (Å²) in [6, 6.07) is 42.2. The Morgan fingerprint density at radius 1 is 0.625 bits per heavy atom. The monoisotopic (exact) mass is 541 g/mol. The normalized spacial score (nSPS) is 25.4. The summed E-state index contributed by atoms with van der Waals surface area (Å²) in [6.45, 7) is 0. The van der Waals surface area contributed by atoms with Gasteiger partial charge in [-0.15, -0.1) is 0 Å². The fourth-order valence-corrected chi connectivity index (χ4v) is 12.8. The highest BCUT2D eigenvalue weighted by Gasteiger charge is 2.53. The number of hydrogen-bond acceptors (Lipinski definition) is 1. The van der Waals surface area contributed by atoms with E-state index >= 15 is 0 Å². The first-order chi connectivity index (χ1) is 19.6. The quantitative estimate of drug-likeness (QED) is 0.163. The summed E-state index contributed by atoms with van der Waals surface area (Å²) in [6.07, 6.45) is 12.4. The van der Waals surface area contributed by atoms with Crippen molar-refractivity contribution >= 4 is 35.0 Å². The summed E-state index contributed by atoms with van der Waals surface area (Å²) in [5, 5.41) is 4.20. The van der Waals surface area contributed by atoms with Gasteiger partial charge in [0.2, 0.25) is 0 Å². The van der Waals surface area contributed by atoms with Crippen LogP contribution in [0.2, 0.25) is 0 Å². The first-order valence-corrected chi connectivity index (χ1v) is 17.0. The first-order valence-electron chi connectivity index (χ1n) is 15.0. The van der Waals surface area contributed by atoms with Crippen molar-refractivity contribution in [2.75, 3.05) is 0 Å². The van der Waals surface area contributed by atoms with E-state index in [0.717, 1.165) is 48.7 Å². The number of carbonyl (C=O) groups is 1. The van der Waals surface area contributed by atoms with Crippen molar-refractivity contribution in [3.63, 3.8) is 0 Å². The Labute approximate surface area is 239 Å². The van der Waals surface area contributed by atoms with Gasteiger partial charge in [0.1, 0.15) is 23.2 Å². The van der Waals surface area contributed by atoms with Crippen LogP contribution in [-0.2, 0) is 11.0 Å². The minimum atomic E-state index is -1.93. The highest BCUT2D eigenvalue weighted by Crippen LogP contribution is 2.61. The van der Waals surface area contributed by atoms with Crippen LogP contribution in [0.4, 0.5) is 0 Å². The van der Waals surface area contributed by atoms with Gasteiger partial charge >= 0.3 is 0 Å². The molecule has 4 aliphatic carbocycles. The third-order valence-electron chi connectivity index (χ3n) is 9.98. The molecule has 0 radical (unpaired) electrons. The molecule has 4 aliphatic rings. The molecule has 1 nitrogen and oxygen atoms in total. The van der Waals surface area contributed by atoms with Gasteiger partial charge in [-0.3, -0.25) is 4.79 Å². The number of ketones is 1. The van der Waals surface area contributed by atoms with Gasteiger partial charge in [-0.05, 0) is 110 Å². The summed E-state index contributed by atoms with van der Waals surface area (Å²) in [4.78, 5) is 13.5. The summed E-state index contributed by atoms with van der Waals surface area (Å²) >= 11 is 0. The molecule has 40 heavy (non-hydrogen) atoms. The van der Waals surface area contributed by atoms with Crippen molar-refractivity contribution in [3.8, 4) is 0 Å². The molecule has 0 N–H and O–H groups in total. The molecule has 2 heteroatoms. The lowest BCUT2D eigenvalue weighted by molar-refractivity contribution is -0.138. The van der Waals surface area contributed by atoms with Gasteiger partial charge in [0, 0.05) is 5.41 Å². The van der Waals surface area contributed by atoms with Crippen LogP contribution in [0.15, 0.2) is 121 Å². The summed E-state index contributed by atoms with van der Waals surface area (Å²) in [7, 11) is -1.93. The van der Waals surface area contributed by atoms with Crippen molar-refractivity contribution in [3.05, 3.63) is 132 Å². The van der Waals surface area contributed by atoms with Gasteiger partial charge < -0.3 is 0 Å². The van der Waals surface area contributed by atoms with Crippen LogP contribution >= 0.6 is 7.26 Å². The molecule has 0 amide bonds. The van der Waals surface area contributed by atoms with E-state index in [1.807, 2.05) is 6.08 Å². The molecular weight excluding hydrogens is 503 g/mol. The second kappa shape index (κ2) is 10.6. The molecular formula is C38H38OP+. The van der Waals surface area contributed by atoms with Crippen molar-refractivity contribution in [2.45, 2.75) is 44.7 Å². The van der Waals surface area contributed by atoms with Crippen molar-refractivity contribution in [1.82, 2.24) is 0 Å². The molecule has 0 spiro atoms. The summed E-state index contributed by atoms with van der Waals surface area (Å²) in [5.41, 5.74) is 2.38. The predicted molar refractivity (Wildman–Crippen MR) is 170 cm³/mol. The van der Waals surface area contributed by atoms with Gasteiger partial charge in [0.25, 0.3) is 0 Å². The number of rotatable bonds is 8. The molecule has 200 valence electrons. The number of benzene rings is 4. The Bertz CT molecular complexity index is 1360. The predicted octanol–water partition coefficient (Wildman–Crippen LogP) is 7.98. The van der Waals surface area contributed by atoms with E-state index in [-0.39, 0.29) is 5.41 Å². The molecule has 0 heterocycles. The third kappa shape index (κ3) is 4.69. The van der Waals surface area contributed by atoms with Crippen LogP contribution in [-0.4, -0.2) is 5.78 Å². The average molecular weight is 542 g/mol. The molecule has 0 unspecified atom stereocenters. The highest BCUT2D eigenvalue weighted by atomic mass is 31.2. The lowest BCUT2D eigenvalue weighted by Gasteiger charge is -2.55. The number of allylic oxidation sites excluding steroid dienone is 1. The molecule has 0 saturated heterocycles. The second-order valence-electron chi connectivity index (χ2n) is 12.6. The minimum absolute atomic E-state index is 0.0592. The van der Waals surface area contributed by atoms with Crippen molar-refractivity contribution in [2.24, 2.45) is 23.2 Å². The minimum Gasteiger partial charge on any atom is -0.294 e. The van der Waals surface area contributed by atoms with Crippen LogP contribution in [0.1, 0.15) is 49.7 Å². The van der Waals surface area contributed by atoms with Crippen LogP contribution in [0.3, 0.4) is 0 Å². The van der Waals surface area contributed by atoms with Gasteiger partial charge in [-0.2, -0.15) is 0 Å².